The van der Waals surface area contributed by atoms with Gasteiger partial charge in [-0.15, -0.1) is 15.0 Å². The molecule has 116 valence electrons. The third-order valence-electron chi connectivity index (χ3n) is 3.55. The first-order valence-corrected chi connectivity index (χ1v) is 7.33. The average molecular weight is 315 g/mol. The number of tetrazole rings is 1. The molecular formula is C17H13N7. The van der Waals surface area contributed by atoms with E-state index in [0.29, 0.717) is 17.2 Å². The molecule has 7 nitrogen and oxygen atoms in total. The van der Waals surface area contributed by atoms with Gasteiger partial charge in [-0.2, -0.15) is 0 Å². The fraction of sp³-hybridized carbons (Fsp3) is 0. The Morgan fingerprint density at radius 2 is 1.92 bits per heavy atom. The second-order valence-electron chi connectivity index (χ2n) is 5.13. The highest BCUT2D eigenvalue weighted by Gasteiger charge is 2.09. The molecule has 3 aromatic heterocycles. The molecule has 0 fully saturated rings. The van der Waals surface area contributed by atoms with Crippen molar-refractivity contribution < 1.29 is 0 Å². The van der Waals surface area contributed by atoms with Gasteiger partial charge in [0.15, 0.2) is 0 Å². The molecule has 0 saturated heterocycles. The third-order valence-corrected chi connectivity index (χ3v) is 3.55. The maximum Gasteiger partial charge on any atom is 0.223 e. The quantitative estimate of drug-likeness (QED) is 0.623. The highest BCUT2D eigenvalue weighted by atomic mass is 15.6. The normalized spacial score (nSPS) is 10.7. The Morgan fingerprint density at radius 3 is 2.75 bits per heavy atom. The molecule has 0 saturated carbocycles. The molecule has 0 unspecified atom stereocenters. The first-order valence-electron chi connectivity index (χ1n) is 7.33. The third kappa shape index (κ3) is 2.58. The molecule has 7 heteroatoms. The monoisotopic (exact) mass is 315 g/mol. The van der Waals surface area contributed by atoms with Gasteiger partial charge in [-0.3, -0.25) is 9.97 Å². The van der Waals surface area contributed by atoms with E-state index < -0.39 is 0 Å². The molecule has 24 heavy (non-hydrogen) atoms. The number of nitrogens with two attached hydrogens (primary N) is 1. The SMILES string of the molecule is Nc1ccncc1-c1cccc(-n2nnc(-c3ccccn3)n2)c1. The van der Waals surface area contributed by atoms with E-state index in [1.54, 1.807) is 24.7 Å². The van der Waals surface area contributed by atoms with Crippen LogP contribution in [-0.4, -0.2) is 30.2 Å². The summed E-state index contributed by atoms with van der Waals surface area (Å²) in [6.45, 7) is 0. The van der Waals surface area contributed by atoms with Crippen LogP contribution in [0.15, 0.2) is 67.1 Å². The zero-order chi connectivity index (χ0) is 16.4. The lowest BCUT2D eigenvalue weighted by Crippen LogP contribution is -2.00. The molecule has 0 bridgehead atoms. The van der Waals surface area contributed by atoms with Gasteiger partial charge in [-0.1, -0.05) is 18.2 Å². The molecule has 2 N–H and O–H groups in total. The molecular weight excluding hydrogens is 302 g/mol. The second-order valence-corrected chi connectivity index (χ2v) is 5.13. The molecule has 4 aromatic rings. The predicted molar refractivity (Wildman–Crippen MR) is 90.0 cm³/mol. The van der Waals surface area contributed by atoms with Crippen molar-refractivity contribution in [3.8, 4) is 28.3 Å². The molecule has 0 radical (unpaired) electrons. The van der Waals surface area contributed by atoms with Crippen molar-refractivity contribution in [2.24, 2.45) is 0 Å². The standard InChI is InChI=1S/C17H13N7/c18-15-7-9-19-11-14(15)12-4-3-5-13(10-12)24-22-17(21-23-24)16-6-1-2-8-20-16/h1-11H,(H2,18,19). The Labute approximate surface area is 137 Å². The zero-order valence-electron chi connectivity index (χ0n) is 12.6. The lowest BCUT2D eigenvalue weighted by molar-refractivity contribution is 0.720. The van der Waals surface area contributed by atoms with E-state index in [1.165, 1.54) is 4.80 Å². The Morgan fingerprint density at radius 1 is 0.958 bits per heavy atom. The van der Waals surface area contributed by atoms with Crippen LogP contribution in [-0.2, 0) is 0 Å². The minimum absolute atomic E-state index is 0.474. The van der Waals surface area contributed by atoms with Crippen LogP contribution in [0.3, 0.4) is 0 Å². The summed E-state index contributed by atoms with van der Waals surface area (Å²) in [7, 11) is 0. The van der Waals surface area contributed by atoms with Crippen LogP contribution in [0.25, 0.3) is 28.3 Å². The van der Waals surface area contributed by atoms with Gasteiger partial charge in [0.2, 0.25) is 5.82 Å². The lowest BCUT2D eigenvalue weighted by atomic mass is 10.1. The maximum absolute atomic E-state index is 6.02. The van der Waals surface area contributed by atoms with Crippen LogP contribution in [0, 0.1) is 0 Å². The molecule has 0 atom stereocenters. The molecule has 0 spiro atoms. The first-order chi connectivity index (χ1) is 11.8. The van der Waals surface area contributed by atoms with Gasteiger partial charge < -0.3 is 5.73 Å². The molecule has 4 rings (SSSR count). The summed E-state index contributed by atoms with van der Waals surface area (Å²) < 4.78 is 0. The molecule has 0 aliphatic rings. The van der Waals surface area contributed by atoms with E-state index in [-0.39, 0.29) is 0 Å². The minimum Gasteiger partial charge on any atom is -0.398 e. The summed E-state index contributed by atoms with van der Waals surface area (Å²) >= 11 is 0. The summed E-state index contributed by atoms with van der Waals surface area (Å²) in [4.78, 5) is 9.83. The number of rotatable bonds is 3. The van der Waals surface area contributed by atoms with Crippen LogP contribution in [0.2, 0.25) is 0 Å². The van der Waals surface area contributed by atoms with Crippen LogP contribution >= 0.6 is 0 Å². The van der Waals surface area contributed by atoms with Crippen molar-refractivity contribution >= 4 is 5.69 Å². The molecule has 3 heterocycles. The summed E-state index contributed by atoms with van der Waals surface area (Å²) in [5.41, 5.74) is 9.96. The Bertz CT molecular complexity index is 979. The van der Waals surface area contributed by atoms with Crippen molar-refractivity contribution in [2.75, 3.05) is 5.73 Å². The predicted octanol–water partition coefficient (Wildman–Crippen LogP) is 2.37. The average Bonchev–Trinajstić information content (AvgIpc) is 3.13. The Kier molecular flexibility index (Phi) is 3.43. The summed E-state index contributed by atoms with van der Waals surface area (Å²) in [5.74, 6) is 0.474. The fourth-order valence-corrected chi connectivity index (χ4v) is 2.37. The van der Waals surface area contributed by atoms with Crippen LogP contribution < -0.4 is 5.73 Å². The number of nitrogen functional groups attached to an aromatic ring is 1. The van der Waals surface area contributed by atoms with E-state index in [0.717, 1.165) is 16.8 Å². The lowest BCUT2D eigenvalue weighted by Gasteiger charge is -2.06. The van der Waals surface area contributed by atoms with Gasteiger partial charge >= 0.3 is 0 Å². The van der Waals surface area contributed by atoms with Gasteiger partial charge in [-0.05, 0) is 41.1 Å². The van der Waals surface area contributed by atoms with Gasteiger partial charge in [0.05, 0.1) is 5.69 Å². The number of nitrogens with zero attached hydrogens (tertiary/aromatic N) is 6. The van der Waals surface area contributed by atoms with Crippen molar-refractivity contribution in [2.45, 2.75) is 0 Å². The number of hydrogen-bond donors (Lipinski definition) is 1. The Balaban J connectivity index is 1.72. The van der Waals surface area contributed by atoms with Crippen molar-refractivity contribution in [1.29, 1.82) is 0 Å². The van der Waals surface area contributed by atoms with Crippen molar-refractivity contribution in [3.05, 3.63) is 67.1 Å². The fourth-order valence-electron chi connectivity index (χ4n) is 2.37. The maximum atomic E-state index is 6.02. The second kappa shape index (κ2) is 5.88. The van der Waals surface area contributed by atoms with Gasteiger partial charge in [-0.25, -0.2) is 0 Å². The summed E-state index contributed by atoms with van der Waals surface area (Å²) in [6.07, 6.45) is 5.10. The summed E-state index contributed by atoms with van der Waals surface area (Å²) in [6, 6.07) is 15.1. The van der Waals surface area contributed by atoms with Gasteiger partial charge in [0.25, 0.3) is 0 Å². The van der Waals surface area contributed by atoms with Crippen LogP contribution in [0.5, 0.6) is 0 Å². The molecule has 0 aliphatic carbocycles. The molecule has 0 amide bonds. The number of benzene rings is 1. The number of hydrogen-bond acceptors (Lipinski definition) is 6. The molecule has 1 aromatic carbocycles. The van der Waals surface area contributed by atoms with E-state index in [1.807, 2.05) is 42.5 Å². The van der Waals surface area contributed by atoms with Crippen LogP contribution in [0.1, 0.15) is 0 Å². The molecule has 0 aliphatic heterocycles. The van der Waals surface area contributed by atoms with Crippen molar-refractivity contribution in [1.82, 2.24) is 30.2 Å². The largest absolute Gasteiger partial charge is 0.398 e. The van der Waals surface area contributed by atoms with E-state index in [9.17, 15) is 0 Å². The first kappa shape index (κ1) is 14.0. The van der Waals surface area contributed by atoms with E-state index in [4.69, 9.17) is 5.73 Å². The minimum atomic E-state index is 0.474. The highest BCUT2D eigenvalue weighted by Crippen LogP contribution is 2.26. The zero-order valence-corrected chi connectivity index (χ0v) is 12.6. The highest BCUT2D eigenvalue weighted by molar-refractivity contribution is 5.76. The van der Waals surface area contributed by atoms with Gasteiger partial charge in [0, 0.05) is 29.8 Å². The van der Waals surface area contributed by atoms with Crippen molar-refractivity contribution in [3.63, 3.8) is 0 Å². The number of pyridine rings is 2. The smallest absolute Gasteiger partial charge is 0.223 e. The van der Waals surface area contributed by atoms with Gasteiger partial charge in [0.1, 0.15) is 5.69 Å². The van der Waals surface area contributed by atoms with E-state index >= 15 is 0 Å². The van der Waals surface area contributed by atoms with Crippen LogP contribution in [0.4, 0.5) is 5.69 Å². The van der Waals surface area contributed by atoms with E-state index in [2.05, 4.69) is 25.4 Å². The topological polar surface area (TPSA) is 95.4 Å². The summed E-state index contributed by atoms with van der Waals surface area (Å²) in [5, 5.41) is 12.6. The Hall–Kier alpha value is -3.61. The number of anilines is 1. The number of aromatic nitrogens is 6.